The highest BCUT2D eigenvalue weighted by Gasteiger charge is 2.23. The van der Waals surface area contributed by atoms with Crippen LogP contribution in [0.2, 0.25) is 10.0 Å². The van der Waals surface area contributed by atoms with E-state index in [1.165, 1.54) is 11.1 Å². The Balaban J connectivity index is 1.76. The molecular formula is C29H35Cl2N3O2. The number of hydrogen-bond acceptors (Lipinski definition) is 2. The van der Waals surface area contributed by atoms with Gasteiger partial charge in [-0.05, 0) is 55.7 Å². The predicted octanol–water partition coefficient (Wildman–Crippen LogP) is 6.83. The first-order valence-corrected chi connectivity index (χ1v) is 13.3. The average Bonchev–Trinajstić information content (AvgIpc) is 3.29. The van der Waals surface area contributed by atoms with Gasteiger partial charge in [0.2, 0.25) is 5.91 Å². The topological polar surface area (TPSA) is 45.6 Å². The molecule has 0 aliphatic carbocycles. The third-order valence-electron chi connectivity index (χ3n) is 6.12. The van der Waals surface area contributed by atoms with Crippen molar-refractivity contribution in [2.75, 3.05) is 19.6 Å². The predicted molar refractivity (Wildman–Crippen MR) is 148 cm³/mol. The van der Waals surface area contributed by atoms with Crippen LogP contribution in [0.1, 0.15) is 60.3 Å². The van der Waals surface area contributed by atoms with Gasteiger partial charge in [0.05, 0.1) is 16.6 Å². The molecule has 1 heterocycles. The first-order valence-electron chi connectivity index (χ1n) is 12.5. The molecule has 0 aliphatic heterocycles. The summed E-state index contributed by atoms with van der Waals surface area (Å²) >= 11 is 12.2. The molecule has 3 aromatic rings. The number of carbonyl (C=O) groups is 2. The number of halogens is 2. The van der Waals surface area contributed by atoms with Gasteiger partial charge in [-0.2, -0.15) is 0 Å². The van der Waals surface area contributed by atoms with E-state index in [0.29, 0.717) is 35.2 Å². The first kappa shape index (κ1) is 27.8. The lowest BCUT2D eigenvalue weighted by Gasteiger charge is -2.28. The zero-order valence-corrected chi connectivity index (χ0v) is 22.9. The van der Waals surface area contributed by atoms with Gasteiger partial charge >= 0.3 is 0 Å². The molecule has 1 aromatic heterocycles. The maximum atomic E-state index is 13.5. The highest BCUT2D eigenvalue weighted by Crippen LogP contribution is 2.23. The minimum Gasteiger partial charge on any atom is -0.345 e. The smallest absolute Gasteiger partial charge is 0.254 e. The highest BCUT2D eigenvalue weighted by molar-refractivity contribution is 6.42. The third kappa shape index (κ3) is 7.62. The molecule has 3 rings (SSSR count). The van der Waals surface area contributed by atoms with E-state index >= 15 is 0 Å². The Morgan fingerprint density at radius 3 is 2.39 bits per heavy atom. The van der Waals surface area contributed by atoms with Gasteiger partial charge < -0.3 is 14.4 Å². The number of nitrogens with zero attached hydrogens (tertiary/aromatic N) is 3. The van der Waals surface area contributed by atoms with Crippen molar-refractivity contribution in [1.82, 2.24) is 14.4 Å². The summed E-state index contributed by atoms with van der Waals surface area (Å²) in [5, 5.41) is 0.718. The standard InChI is InChI=1S/C29H35Cl2N3O2/c1-4-6-15-33(20-25-11-8-16-32(25)19-23-10-7-9-22(3)17-23)28(35)21-34(14-5-2)29(36)24-12-13-26(30)27(31)18-24/h7-13,16-18H,4-6,14-15,19-21H2,1-3H3. The van der Waals surface area contributed by atoms with Crippen molar-refractivity contribution in [3.05, 3.63) is 93.2 Å². The van der Waals surface area contributed by atoms with Crippen LogP contribution in [0.25, 0.3) is 0 Å². The molecule has 7 heteroatoms. The van der Waals surface area contributed by atoms with Crippen LogP contribution in [0.4, 0.5) is 0 Å². The molecule has 0 N–H and O–H groups in total. The van der Waals surface area contributed by atoms with Crippen molar-refractivity contribution in [3.8, 4) is 0 Å². The van der Waals surface area contributed by atoms with Crippen LogP contribution >= 0.6 is 23.2 Å². The van der Waals surface area contributed by atoms with E-state index in [-0.39, 0.29) is 18.4 Å². The Labute approximate surface area is 224 Å². The van der Waals surface area contributed by atoms with Crippen LogP contribution in [0.15, 0.2) is 60.8 Å². The number of aromatic nitrogens is 1. The fourth-order valence-electron chi connectivity index (χ4n) is 4.19. The molecule has 192 valence electrons. The zero-order valence-electron chi connectivity index (χ0n) is 21.3. The minimum absolute atomic E-state index is 0.0230. The van der Waals surface area contributed by atoms with Crippen LogP contribution < -0.4 is 0 Å². The monoisotopic (exact) mass is 527 g/mol. The van der Waals surface area contributed by atoms with Gasteiger partial charge in [-0.25, -0.2) is 0 Å². The van der Waals surface area contributed by atoms with E-state index in [0.717, 1.165) is 31.5 Å². The highest BCUT2D eigenvalue weighted by atomic mass is 35.5. The van der Waals surface area contributed by atoms with E-state index in [4.69, 9.17) is 23.2 Å². The lowest BCUT2D eigenvalue weighted by molar-refractivity contribution is -0.132. The van der Waals surface area contributed by atoms with Gasteiger partial charge in [0.1, 0.15) is 6.54 Å². The van der Waals surface area contributed by atoms with E-state index in [1.807, 2.05) is 17.9 Å². The Morgan fingerprint density at radius 1 is 0.889 bits per heavy atom. The molecule has 36 heavy (non-hydrogen) atoms. The Morgan fingerprint density at radius 2 is 1.69 bits per heavy atom. The van der Waals surface area contributed by atoms with Crippen molar-refractivity contribution in [3.63, 3.8) is 0 Å². The van der Waals surface area contributed by atoms with Crippen LogP contribution in [0, 0.1) is 6.92 Å². The number of hydrogen-bond donors (Lipinski definition) is 0. The molecule has 2 aromatic carbocycles. The maximum absolute atomic E-state index is 13.5. The summed E-state index contributed by atoms with van der Waals surface area (Å²) in [5.41, 5.74) is 3.94. The molecule has 0 bridgehead atoms. The van der Waals surface area contributed by atoms with Gasteiger partial charge in [0, 0.05) is 37.1 Å². The quantitative estimate of drug-likeness (QED) is 0.259. The molecule has 0 saturated carbocycles. The summed E-state index contributed by atoms with van der Waals surface area (Å²) in [5.74, 6) is -0.282. The van der Waals surface area contributed by atoms with E-state index in [2.05, 4.69) is 54.9 Å². The van der Waals surface area contributed by atoms with Gasteiger partial charge in [-0.3, -0.25) is 9.59 Å². The number of amides is 2. The molecule has 0 saturated heterocycles. The van der Waals surface area contributed by atoms with Crippen molar-refractivity contribution in [2.45, 2.75) is 53.1 Å². The van der Waals surface area contributed by atoms with Crippen molar-refractivity contribution >= 4 is 35.0 Å². The van der Waals surface area contributed by atoms with E-state index in [1.54, 1.807) is 23.1 Å². The molecule has 0 fully saturated rings. The minimum atomic E-state index is -0.220. The van der Waals surface area contributed by atoms with Gasteiger partial charge in [0.25, 0.3) is 5.91 Å². The van der Waals surface area contributed by atoms with Crippen LogP contribution in [0.5, 0.6) is 0 Å². The number of rotatable bonds is 12. The maximum Gasteiger partial charge on any atom is 0.254 e. The largest absolute Gasteiger partial charge is 0.345 e. The molecule has 0 aliphatic rings. The van der Waals surface area contributed by atoms with Gasteiger partial charge in [0.15, 0.2) is 0 Å². The van der Waals surface area contributed by atoms with Crippen LogP contribution in [0.3, 0.4) is 0 Å². The second kappa shape index (κ2) is 13.5. The van der Waals surface area contributed by atoms with Crippen molar-refractivity contribution in [2.24, 2.45) is 0 Å². The van der Waals surface area contributed by atoms with Gasteiger partial charge in [-0.15, -0.1) is 0 Å². The molecular weight excluding hydrogens is 493 g/mol. The number of unbranched alkanes of at least 4 members (excludes halogenated alkanes) is 1. The summed E-state index contributed by atoms with van der Waals surface area (Å²) in [4.78, 5) is 30.2. The summed E-state index contributed by atoms with van der Waals surface area (Å²) in [7, 11) is 0. The molecule has 5 nitrogen and oxygen atoms in total. The first-order chi connectivity index (χ1) is 17.3. The van der Waals surface area contributed by atoms with Crippen LogP contribution in [-0.2, 0) is 17.9 Å². The van der Waals surface area contributed by atoms with E-state index < -0.39 is 0 Å². The second-order valence-corrected chi connectivity index (χ2v) is 9.96. The fourth-order valence-corrected chi connectivity index (χ4v) is 4.49. The average molecular weight is 529 g/mol. The lowest BCUT2D eigenvalue weighted by atomic mass is 10.1. The van der Waals surface area contributed by atoms with E-state index in [9.17, 15) is 9.59 Å². The molecule has 0 spiro atoms. The molecule has 2 amide bonds. The summed E-state index contributed by atoms with van der Waals surface area (Å²) in [6.07, 6.45) is 4.68. The Hall–Kier alpha value is -2.76. The third-order valence-corrected chi connectivity index (χ3v) is 6.86. The van der Waals surface area contributed by atoms with Gasteiger partial charge in [-0.1, -0.05) is 73.3 Å². The number of carbonyl (C=O) groups excluding carboxylic acids is 2. The molecule has 0 unspecified atom stereocenters. The number of benzene rings is 2. The van der Waals surface area contributed by atoms with Crippen molar-refractivity contribution < 1.29 is 9.59 Å². The lowest BCUT2D eigenvalue weighted by Crippen LogP contribution is -2.43. The summed E-state index contributed by atoms with van der Waals surface area (Å²) in [6.45, 7) is 8.59. The van der Waals surface area contributed by atoms with Crippen molar-refractivity contribution in [1.29, 1.82) is 0 Å². The Kier molecular flexibility index (Phi) is 10.4. The molecule has 0 radical (unpaired) electrons. The SMILES string of the molecule is CCCCN(Cc1cccn1Cc1cccc(C)c1)C(=O)CN(CCC)C(=O)c1ccc(Cl)c(Cl)c1. The summed E-state index contributed by atoms with van der Waals surface area (Å²) in [6, 6.07) is 17.4. The molecule has 0 atom stereocenters. The Bertz CT molecular complexity index is 1170. The fraction of sp³-hybridized carbons (Fsp3) is 0.379. The summed E-state index contributed by atoms with van der Waals surface area (Å²) < 4.78 is 2.19. The zero-order chi connectivity index (χ0) is 26.1. The number of aryl methyl sites for hydroxylation is 1. The normalized spacial score (nSPS) is 10.9. The second-order valence-electron chi connectivity index (χ2n) is 9.14. The van der Waals surface area contributed by atoms with Crippen LogP contribution in [-0.4, -0.2) is 45.8 Å².